The van der Waals surface area contributed by atoms with E-state index in [1.165, 1.54) is 12.1 Å². The van der Waals surface area contributed by atoms with Crippen molar-refractivity contribution in [1.82, 2.24) is 5.32 Å². The Morgan fingerprint density at radius 2 is 2.11 bits per heavy atom. The summed E-state index contributed by atoms with van der Waals surface area (Å²) in [4.78, 5) is 0.589. The van der Waals surface area contributed by atoms with Gasteiger partial charge in [-0.3, -0.25) is 4.21 Å². The van der Waals surface area contributed by atoms with Crippen LogP contribution in [0.25, 0.3) is 0 Å². The zero-order valence-electron chi connectivity index (χ0n) is 11.4. The minimum Gasteiger partial charge on any atom is -0.313 e. The molecule has 1 aromatic rings. The first-order valence-corrected chi connectivity index (χ1v) is 8.35. The van der Waals surface area contributed by atoms with Crippen molar-refractivity contribution >= 4 is 22.4 Å². The Morgan fingerprint density at radius 3 is 2.68 bits per heavy atom. The van der Waals surface area contributed by atoms with Gasteiger partial charge in [0, 0.05) is 16.7 Å². The largest absolute Gasteiger partial charge is 0.313 e. The number of hydrogen-bond acceptors (Lipinski definition) is 2. The average molecular weight is 306 g/mol. The molecule has 2 nitrogen and oxygen atoms in total. The molecule has 5 heteroatoms. The number of benzene rings is 1. The van der Waals surface area contributed by atoms with Gasteiger partial charge in [0.15, 0.2) is 0 Å². The van der Waals surface area contributed by atoms with Crippen LogP contribution in [0.2, 0.25) is 5.02 Å². The van der Waals surface area contributed by atoms with Gasteiger partial charge in [-0.05, 0) is 37.6 Å². The van der Waals surface area contributed by atoms with Crippen molar-refractivity contribution in [2.24, 2.45) is 0 Å². The summed E-state index contributed by atoms with van der Waals surface area (Å²) >= 11 is 5.71. The molecule has 0 aromatic heterocycles. The summed E-state index contributed by atoms with van der Waals surface area (Å²) in [7, 11) is -1.15. The lowest BCUT2D eigenvalue weighted by Crippen LogP contribution is -2.34. The highest BCUT2D eigenvalue weighted by atomic mass is 35.5. The minimum atomic E-state index is -1.15. The molecule has 108 valence electrons. The second kappa shape index (κ2) is 8.67. The number of halogens is 2. The van der Waals surface area contributed by atoms with Gasteiger partial charge in [0.25, 0.3) is 0 Å². The third kappa shape index (κ3) is 5.59. The van der Waals surface area contributed by atoms with E-state index in [1.54, 1.807) is 6.07 Å². The van der Waals surface area contributed by atoms with Gasteiger partial charge >= 0.3 is 0 Å². The Labute approximate surface area is 122 Å². The molecule has 0 aliphatic rings. The monoisotopic (exact) mass is 305 g/mol. The molecule has 0 aliphatic heterocycles. The van der Waals surface area contributed by atoms with E-state index >= 15 is 0 Å². The van der Waals surface area contributed by atoms with Crippen molar-refractivity contribution in [3.63, 3.8) is 0 Å². The molecular formula is C14H21ClFNOS. The first-order chi connectivity index (χ1) is 9.08. The Bertz CT molecular complexity index is 428. The standard InChI is InChI=1S/C14H21ClFNOS/c1-3-5-11(17-8-4-2)10-19(18)12-6-7-14(16)13(15)9-12/h6-7,9,11,17H,3-5,8,10H2,1-2H3. The van der Waals surface area contributed by atoms with Crippen LogP contribution in [-0.4, -0.2) is 22.5 Å². The van der Waals surface area contributed by atoms with Gasteiger partial charge < -0.3 is 5.32 Å². The molecule has 0 fully saturated rings. The summed E-state index contributed by atoms with van der Waals surface area (Å²) in [6, 6.07) is 4.49. The summed E-state index contributed by atoms with van der Waals surface area (Å²) in [6.07, 6.45) is 3.08. The molecule has 0 spiro atoms. The lowest BCUT2D eigenvalue weighted by atomic mass is 10.2. The maximum atomic E-state index is 13.1. The zero-order chi connectivity index (χ0) is 14.3. The van der Waals surface area contributed by atoms with Crippen LogP contribution in [0.1, 0.15) is 33.1 Å². The van der Waals surface area contributed by atoms with Crippen LogP contribution in [0, 0.1) is 5.82 Å². The van der Waals surface area contributed by atoms with Crippen LogP contribution in [0.15, 0.2) is 23.1 Å². The van der Waals surface area contributed by atoms with Gasteiger partial charge in [-0.15, -0.1) is 0 Å². The number of nitrogens with one attached hydrogen (secondary N) is 1. The molecular weight excluding hydrogens is 285 g/mol. The third-order valence-electron chi connectivity index (χ3n) is 2.83. The van der Waals surface area contributed by atoms with Crippen molar-refractivity contribution in [2.75, 3.05) is 12.3 Å². The molecule has 0 aliphatic carbocycles. The second-order valence-corrected chi connectivity index (χ2v) is 6.43. The highest BCUT2D eigenvalue weighted by Gasteiger charge is 2.14. The predicted octanol–water partition coefficient (Wildman–Crippen LogP) is 3.76. The van der Waals surface area contributed by atoms with E-state index in [4.69, 9.17) is 11.6 Å². The van der Waals surface area contributed by atoms with Crippen LogP contribution in [0.5, 0.6) is 0 Å². The molecule has 1 rings (SSSR count). The van der Waals surface area contributed by atoms with Crippen LogP contribution >= 0.6 is 11.6 Å². The van der Waals surface area contributed by atoms with Crippen LogP contribution in [0.4, 0.5) is 4.39 Å². The van der Waals surface area contributed by atoms with E-state index in [0.29, 0.717) is 10.6 Å². The topological polar surface area (TPSA) is 29.1 Å². The summed E-state index contributed by atoms with van der Waals surface area (Å²) in [6.45, 7) is 5.14. The lowest BCUT2D eigenvalue weighted by molar-refractivity contribution is 0.510. The highest BCUT2D eigenvalue weighted by Crippen LogP contribution is 2.19. The van der Waals surface area contributed by atoms with E-state index in [1.807, 2.05) is 0 Å². The number of rotatable bonds is 8. The molecule has 0 saturated carbocycles. The fourth-order valence-electron chi connectivity index (χ4n) is 1.84. The fourth-order valence-corrected chi connectivity index (χ4v) is 3.40. The van der Waals surface area contributed by atoms with Gasteiger partial charge in [0.05, 0.1) is 15.8 Å². The Morgan fingerprint density at radius 1 is 1.37 bits per heavy atom. The average Bonchev–Trinajstić information content (AvgIpc) is 2.39. The van der Waals surface area contributed by atoms with E-state index in [2.05, 4.69) is 19.2 Å². The van der Waals surface area contributed by atoms with Crippen molar-refractivity contribution in [3.05, 3.63) is 29.0 Å². The molecule has 0 saturated heterocycles. The lowest BCUT2D eigenvalue weighted by Gasteiger charge is -2.17. The maximum absolute atomic E-state index is 13.1. The molecule has 2 unspecified atom stereocenters. The molecule has 0 bridgehead atoms. The highest BCUT2D eigenvalue weighted by molar-refractivity contribution is 7.85. The van der Waals surface area contributed by atoms with Crippen molar-refractivity contribution in [1.29, 1.82) is 0 Å². The van der Waals surface area contributed by atoms with Crippen molar-refractivity contribution in [3.8, 4) is 0 Å². The molecule has 1 aromatic carbocycles. The molecule has 0 radical (unpaired) electrons. The van der Waals surface area contributed by atoms with Gasteiger partial charge in [-0.1, -0.05) is 31.9 Å². The SMILES string of the molecule is CCCNC(CCC)CS(=O)c1ccc(F)c(Cl)c1. The molecule has 0 heterocycles. The van der Waals surface area contributed by atoms with Crippen LogP contribution in [-0.2, 0) is 10.8 Å². The molecule has 1 N–H and O–H groups in total. The zero-order valence-corrected chi connectivity index (χ0v) is 13.0. The minimum absolute atomic E-state index is 0.0272. The second-order valence-electron chi connectivity index (χ2n) is 4.53. The number of hydrogen-bond donors (Lipinski definition) is 1. The van der Waals surface area contributed by atoms with Crippen LogP contribution < -0.4 is 5.32 Å². The van der Waals surface area contributed by atoms with Gasteiger partial charge in [0.2, 0.25) is 0 Å². The van der Waals surface area contributed by atoms with E-state index < -0.39 is 16.6 Å². The quantitative estimate of drug-likeness (QED) is 0.792. The Hall–Kier alpha value is -0.450. The summed E-state index contributed by atoms with van der Waals surface area (Å²) < 4.78 is 25.3. The van der Waals surface area contributed by atoms with Crippen molar-refractivity contribution < 1.29 is 8.60 Å². The summed E-state index contributed by atoms with van der Waals surface area (Å²) in [5.74, 6) is 0.0622. The summed E-state index contributed by atoms with van der Waals surface area (Å²) in [5.41, 5.74) is 0. The van der Waals surface area contributed by atoms with E-state index in [-0.39, 0.29) is 11.1 Å². The predicted molar refractivity (Wildman–Crippen MR) is 79.7 cm³/mol. The molecule has 0 amide bonds. The first kappa shape index (κ1) is 16.6. The molecule has 19 heavy (non-hydrogen) atoms. The van der Waals surface area contributed by atoms with Gasteiger partial charge in [-0.25, -0.2) is 4.39 Å². The normalized spacial score (nSPS) is 14.3. The first-order valence-electron chi connectivity index (χ1n) is 6.65. The van der Waals surface area contributed by atoms with Crippen LogP contribution in [0.3, 0.4) is 0 Å². The Balaban J connectivity index is 2.66. The Kier molecular flexibility index (Phi) is 7.57. The van der Waals surface area contributed by atoms with Crippen molar-refractivity contribution in [2.45, 2.75) is 44.0 Å². The molecule has 2 atom stereocenters. The van der Waals surface area contributed by atoms with Gasteiger partial charge in [-0.2, -0.15) is 0 Å². The van der Waals surface area contributed by atoms with E-state index in [9.17, 15) is 8.60 Å². The smallest absolute Gasteiger partial charge is 0.141 e. The summed E-state index contributed by atoms with van der Waals surface area (Å²) in [5, 5.41) is 3.42. The third-order valence-corrected chi connectivity index (χ3v) is 4.60. The van der Waals surface area contributed by atoms with E-state index in [0.717, 1.165) is 25.8 Å². The van der Waals surface area contributed by atoms with Gasteiger partial charge in [0.1, 0.15) is 5.82 Å². The maximum Gasteiger partial charge on any atom is 0.141 e. The fraction of sp³-hybridized carbons (Fsp3) is 0.571.